The van der Waals surface area contributed by atoms with Gasteiger partial charge in [0.25, 0.3) is 0 Å². The first-order valence-electron chi connectivity index (χ1n) is 6.43. The van der Waals surface area contributed by atoms with Gasteiger partial charge in [0.1, 0.15) is 5.75 Å². The van der Waals surface area contributed by atoms with Crippen LogP contribution in [0.15, 0.2) is 22.7 Å². The van der Waals surface area contributed by atoms with Crippen LogP contribution in [0.1, 0.15) is 38.5 Å². The summed E-state index contributed by atoms with van der Waals surface area (Å²) in [5.74, 6) is 1.67. The molecule has 17 heavy (non-hydrogen) atoms. The molecule has 1 aliphatic carbocycles. The van der Waals surface area contributed by atoms with Gasteiger partial charge in [-0.1, -0.05) is 48.0 Å². The SMILES string of the molecule is Nc1cc(Br)ccc1OCCC1CCCCC1. The molecule has 2 N–H and O–H groups in total. The van der Waals surface area contributed by atoms with Crippen molar-refractivity contribution in [2.24, 2.45) is 5.92 Å². The van der Waals surface area contributed by atoms with Crippen LogP contribution in [0.2, 0.25) is 0 Å². The largest absolute Gasteiger partial charge is 0.491 e. The molecule has 1 aliphatic rings. The molecule has 1 aromatic carbocycles. The maximum Gasteiger partial charge on any atom is 0.142 e. The first-order valence-corrected chi connectivity index (χ1v) is 7.23. The molecule has 2 nitrogen and oxygen atoms in total. The zero-order chi connectivity index (χ0) is 12.1. The van der Waals surface area contributed by atoms with Gasteiger partial charge in [-0.25, -0.2) is 0 Å². The summed E-state index contributed by atoms with van der Waals surface area (Å²) in [6.07, 6.45) is 8.11. The Hall–Kier alpha value is -0.700. The number of anilines is 1. The lowest BCUT2D eigenvalue weighted by Crippen LogP contribution is -2.11. The summed E-state index contributed by atoms with van der Waals surface area (Å²) in [7, 11) is 0. The fourth-order valence-corrected chi connectivity index (χ4v) is 2.84. The van der Waals surface area contributed by atoms with E-state index in [1.807, 2.05) is 18.2 Å². The van der Waals surface area contributed by atoms with Crippen LogP contribution in [0, 0.1) is 5.92 Å². The van der Waals surface area contributed by atoms with E-state index in [0.29, 0.717) is 5.69 Å². The van der Waals surface area contributed by atoms with Gasteiger partial charge in [-0.05, 0) is 30.5 Å². The summed E-state index contributed by atoms with van der Waals surface area (Å²) in [5, 5.41) is 0. The van der Waals surface area contributed by atoms with Gasteiger partial charge in [0.05, 0.1) is 12.3 Å². The maximum absolute atomic E-state index is 5.89. The van der Waals surface area contributed by atoms with Crippen molar-refractivity contribution in [3.8, 4) is 5.75 Å². The van der Waals surface area contributed by atoms with Gasteiger partial charge < -0.3 is 10.5 Å². The molecule has 0 saturated heterocycles. The van der Waals surface area contributed by atoms with Crippen LogP contribution in [0.4, 0.5) is 5.69 Å². The van der Waals surface area contributed by atoms with Crippen molar-refractivity contribution in [3.05, 3.63) is 22.7 Å². The van der Waals surface area contributed by atoms with Gasteiger partial charge >= 0.3 is 0 Å². The smallest absolute Gasteiger partial charge is 0.142 e. The van der Waals surface area contributed by atoms with E-state index in [-0.39, 0.29) is 0 Å². The molecule has 1 saturated carbocycles. The predicted octanol–water partition coefficient (Wildman–Crippen LogP) is 4.38. The highest BCUT2D eigenvalue weighted by molar-refractivity contribution is 9.10. The van der Waals surface area contributed by atoms with E-state index in [1.165, 1.54) is 32.1 Å². The van der Waals surface area contributed by atoms with E-state index in [2.05, 4.69) is 15.9 Å². The second-order valence-electron chi connectivity index (χ2n) is 4.82. The lowest BCUT2D eigenvalue weighted by atomic mass is 9.87. The molecule has 0 spiro atoms. The lowest BCUT2D eigenvalue weighted by Gasteiger charge is -2.21. The second-order valence-corrected chi connectivity index (χ2v) is 5.74. The number of nitrogen functional groups attached to an aromatic ring is 1. The number of halogens is 1. The molecule has 0 radical (unpaired) electrons. The Morgan fingerprint density at radius 3 is 2.71 bits per heavy atom. The summed E-state index contributed by atoms with van der Waals surface area (Å²) in [6.45, 7) is 0.788. The number of rotatable bonds is 4. The first-order chi connectivity index (χ1) is 8.25. The molecule has 0 aliphatic heterocycles. The molecule has 0 unspecified atom stereocenters. The highest BCUT2D eigenvalue weighted by atomic mass is 79.9. The lowest BCUT2D eigenvalue weighted by molar-refractivity contribution is 0.247. The maximum atomic E-state index is 5.89. The molecular weight excluding hydrogens is 278 g/mol. The number of hydrogen-bond acceptors (Lipinski definition) is 2. The van der Waals surface area contributed by atoms with Crippen molar-refractivity contribution in [2.45, 2.75) is 38.5 Å². The topological polar surface area (TPSA) is 35.2 Å². The van der Waals surface area contributed by atoms with E-state index in [0.717, 1.165) is 29.2 Å². The van der Waals surface area contributed by atoms with Gasteiger partial charge in [0.2, 0.25) is 0 Å². The van der Waals surface area contributed by atoms with Crippen molar-refractivity contribution < 1.29 is 4.74 Å². The third-order valence-electron chi connectivity index (χ3n) is 3.48. The van der Waals surface area contributed by atoms with Crippen LogP contribution in [-0.4, -0.2) is 6.61 Å². The molecule has 1 fully saturated rings. The van der Waals surface area contributed by atoms with Gasteiger partial charge in [-0.2, -0.15) is 0 Å². The third kappa shape index (κ3) is 3.91. The summed E-state index contributed by atoms with van der Waals surface area (Å²) in [6, 6.07) is 5.78. The Bertz CT molecular complexity index is 361. The van der Waals surface area contributed by atoms with E-state index in [9.17, 15) is 0 Å². The first kappa shape index (κ1) is 12.7. The van der Waals surface area contributed by atoms with Crippen molar-refractivity contribution in [1.29, 1.82) is 0 Å². The number of benzene rings is 1. The molecule has 3 heteroatoms. The molecule has 0 aromatic heterocycles. The third-order valence-corrected chi connectivity index (χ3v) is 3.97. The van der Waals surface area contributed by atoms with Crippen molar-refractivity contribution in [3.63, 3.8) is 0 Å². The van der Waals surface area contributed by atoms with Crippen molar-refractivity contribution in [2.75, 3.05) is 12.3 Å². The molecule has 0 bridgehead atoms. The van der Waals surface area contributed by atoms with Crippen LogP contribution < -0.4 is 10.5 Å². The van der Waals surface area contributed by atoms with E-state index >= 15 is 0 Å². The monoisotopic (exact) mass is 297 g/mol. The second kappa shape index (κ2) is 6.29. The van der Waals surface area contributed by atoms with E-state index in [1.54, 1.807) is 0 Å². The Morgan fingerprint density at radius 2 is 2.00 bits per heavy atom. The molecule has 0 atom stereocenters. The Balaban J connectivity index is 1.77. The zero-order valence-corrected chi connectivity index (χ0v) is 11.7. The zero-order valence-electron chi connectivity index (χ0n) is 10.1. The summed E-state index contributed by atoms with van der Waals surface area (Å²) in [5.41, 5.74) is 6.60. The Kier molecular flexibility index (Phi) is 4.72. The molecule has 1 aromatic rings. The minimum Gasteiger partial charge on any atom is -0.491 e. The Labute approximate surface area is 112 Å². The van der Waals surface area contributed by atoms with Crippen LogP contribution >= 0.6 is 15.9 Å². The average Bonchev–Trinajstić information content (AvgIpc) is 2.33. The van der Waals surface area contributed by atoms with E-state index in [4.69, 9.17) is 10.5 Å². The van der Waals surface area contributed by atoms with Crippen LogP contribution in [-0.2, 0) is 0 Å². The van der Waals surface area contributed by atoms with Gasteiger partial charge in [0, 0.05) is 4.47 Å². The summed E-state index contributed by atoms with van der Waals surface area (Å²) >= 11 is 3.39. The van der Waals surface area contributed by atoms with Gasteiger partial charge in [0.15, 0.2) is 0 Å². The number of ether oxygens (including phenoxy) is 1. The minimum atomic E-state index is 0.711. The highest BCUT2D eigenvalue weighted by Gasteiger charge is 2.13. The quantitative estimate of drug-likeness (QED) is 0.837. The molecule has 94 valence electrons. The molecule has 0 heterocycles. The molecule has 2 rings (SSSR count). The number of hydrogen-bond donors (Lipinski definition) is 1. The summed E-state index contributed by atoms with van der Waals surface area (Å²) < 4.78 is 6.74. The summed E-state index contributed by atoms with van der Waals surface area (Å²) in [4.78, 5) is 0. The fraction of sp³-hybridized carbons (Fsp3) is 0.571. The van der Waals surface area contributed by atoms with Crippen LogP contribution in [0.3, 0.4) is 0 Å². The van der Waals surface area contributed by atoms with Crippen LogP contribution in [0.25, 0.3) is 0 Å². The molecule has 0 amide bonds. The highest BCUT2D eigenvalue weighted by Crippen LogP contribution is 2.28. The minimum absolute atomic E-state index is 0.711. The van der Waals surface area contributed by atoms with Crippen LogP contribution in [0.5, 0.6) is 5.75 Å². The van der Waals surface area contributed by atoms with Crippen molar-refractivity contribution in [1.82, 2.24) is 0 Å². The number of nitrogens with two attached hydrogens (primary N) is 1. The predicted molar refractivity (Wildman–Crippen MR) is 75.2 cm³/mol. The fourth-order valence-electron chi connectivity index (χ4n) is 2.46. The molecular formula is C14H20BrNO. The van der Waals surface area contributed by atoms with E-state index < -0.39 is 0 Å². The average molecular weight is 298 g/mol. The van der Waals surface area contributed by atoms with Gasteiger partial charge in [-0.3, -0.25) is 0 Å². The normalized spacial score (nSPS) is 17.0. The standard InChI is InChI=1S/C14H20BrNO/c15-12-6-7-14(13(16)10-12)17-9-8-11-4-2-1-3-5-11/h6-7,10-11H,1-5,8-9,16H2. The van der Waals surface area contributed by atoms with Crippen molar-refractivity contribution >= 4 is 21.6 Å². The van der Waals surface area contributed by atoms with Gasteiger partial charge in [-0.15, -0.1) is 0 Å². The Morgan fingerprint density at radius 1 is 1.24 bits per heavy atom.